The van der Waals surface area contributed by atoms with E-state index in [2.05, 4.69) is 24.3 Å². The van der Waals surface area contributed by atoms with Gasteiger partial charge < -0.3 is 5.32 Å². The zero-order valence-corrected chi connectivity index (χ0v) is 16.1. The minimum Gasteiger partial charge on any atom is -0.322 e. The molecule has 2 aromatic rings. The molecule has 3 rings (SSSR count). The minimum absolute atomic E-state index is 0.00404. The van der Waals surface area contributed by atoms with Gasteiger partial charge in [-0.05, 0) is 58.0 Å². The predicted octanol–water partition coefficient (Wildman–Crippen LogP) is 4.52. The molecule has 1 aromatic heterocycles. The number of amides is 1. The summed E-state index contributed by atoms with van der Waals surface area (Å²) in [6.45, 7) is 4.24. The Balaban J connectivity index is 2.00. The van der Waals surface area contributed by atoms with Gasteiger partial charge in [-0.1, -0.05) is 26.0 Å². The number of carbonyl (C=O) groups is 1. The molecule has 8 heteroatoms. The van der Waals surface area contributed by atoms with Crippen molar-refractivity contribution in [3.63, 3.8) is 0 Å². The quantitative estimate of drug-likeness (QED) is 0.667. The smallest absolute Gasteiger partial charge is 0.322 e. The lowest BCUT2D eigenvalue weighted by atomic mass is 9.86. The molecule has 25 heavy (non-hydrogen) atoms. The highest BCUT2D eigenvalue weighted by molar-refractivity contribution is 14.1. The fraction of sp³-hybridized carbons (Fsp3) is 0.412. The third-order valence-electron chi connectivity index (χ3n) is 4.63. The van der Waals surface area contributed by atoms with Crippen LogP contribution in [0.15, 0.2) is 18.2 Å². The van der Waals surface area contributed by atoms with Gasteiger partial charge in [0.2, 0.25) is 0 Å². The molecule has 1 amide bonds. The summed E-state index contributed by atoms with van der Waals surface area (Å²) in [6, 6.07) is 5.56. The van der Waals surface area contributed by atoms with Crippen molar-refractivity contribution in [2.75, 3.05) is 5.32 Å². The van der Waals surface area contributed by atoms with Crippen LogP contribution in [0, 0.1) is 3.70 Å². The van der Waals surface area contributed by atoms with Crippen LogP contribution in [0.3, 0.4) is 0 Å². The van der Waals surface area contributed by atoms with Gasteiger partial charge in [0.25, 0.3) is 5.91 Å². The van der Waals surface area contributed by atoms with E-state index < -0.39 is 23.3 Å². The average molecular weight is 463 g/mol. The largest absolute Gasteiger partial charge is 0.436 e. The Morgan fingerprint density at radius 1 is 1.36 bits per heavy atom. The highest BCUT2D eigenvalue weighted by Gasteiger charge is 2.41. The molecule has 0 saturated carbocycles. The van der Waals surface area contributed by atoms with E-state index in [0.29, 0.717) is 5.69 Å². The molecule has 0 saturated heterocycles. The van der Waals surface area contributed by atoms with Crippen molar-refractivity contribution in [1.29, 1.82) is 0 Å². The number of nitrogens with one attached hydrogen (secondary N) is 1. The third kappa shape index (κ3) is 3.16. The van der Waals surface area contributed by atoms with Gasteiger partial charge in [0.05, 0.1) is 0 Å². The van der Waals surface area contributed by atoms with E-state index >= 15 is 0 Å². The standard InChI is InChI=1S/C17H17F3IN3O/c1-16(2)8-7-9-10(16)5-4-6-11(9)22-15(25)12-13(17(18,19)20)23-24(3)14(12)21/h4-6H,7-8H2,1-3H3,(H,22,25). The third-order valence-corrected chi connectivity index (χ3v) is 5.86. The molecule has 0 unspecified atom stereocenters. The highest BCUT2D eigenvalue weighted by Crippen LogP contribution is 2.41. The lowest BCUT2D eigenvalue weighted by molar-refractivity contribution is -0.141. The number of hydrogen-bond acceptors (Lipinski definition) is 2. The van der Waals surface area contributed by atoms with Crippen molar-refractivity contribution in [3.05, 3.63) is 44.3 Å². The fourth-order valence-electron chi connectivity index (χ4n) is 3.27. The van der Waals surface area contributed by atoms with Crippen molar-refractivity contribution in [1.82, 2.24) is 9.78 Å². The molecule has 1 aliphatic carbocycles. The van der Waals surface area contributed by atoms with Crippen LogP contribution in [0.4, 0.5) is 18.9 Å². The predicted molar refractivity (Wildman–Crippen MR) is 96.7 cm³/mol. The molecule has 1 aromatic carbocycles. The first-order valence-corrected chi connectivity index (χ1v) is 8.83. The summed E-state index contributed by atoms with van der Waals surface area (Å²) in [5, 5.41) is 6.13. The number of benzene rings is 1. The van der Waals surface area contributed by atoms with Crippen molar-refractivity contribution in [3.8, 4) is 0 Å². The molecule has 0 bridgehead atoms. The van der Waals surface area contributed by atoms with Gasteiger partial charge in [0, 0.05) is 12.7 Å². The van der Waals surface area contributed by atoms with E-state index in [-0.39, 0.29) is 9.12 Å². The number of nitrogens with zero attached hydrogens (tertiary/aromatic N) is 2. The normalized spacial score (nSPS) is 16.0. The first-order chi connectivity index (χ1) is 11.5. The maximum Gasteiger partial charge on any atom is 0.436 e. The molecule has 4 nitrogen and oxygen atoms in total. The molecule has 0 radical (unpaired) electrons. The number of aryl methyl sites for hydroxylation is 1. The summed E-state index contributed by atoms with van der Waals surface area (Å²) < 4.78 is 40.8. The summed E-state index contributed by atoms with van der Waals surface area (Å²) in [5.74, 6) is -0.789. The molecule has 1 N–H and O–H groups in total. The van der Waals surface area contributed by atoms with E-state index in [1.165, 1.54) is 7.05 Å². The number of carbonyl (C=O) groups excluding carboxylic acids is 1. The van der Waals surface area contributed by atoms with Crippen LogP contribution in [0.25, 0.3) is 0 Å². The van der Waals surface area contributed by atoms with Gasteiger partial charge in [0.15, 0.2) is 5.69 Å². The zero-order valence-electron chi connectivity index (χ0n) is 14.0. The monoisotopic (exact) mass is 463 g/mol. The van der Waals surface area contributed by atoms with Gasteiger partial charge in [-0.2, -0.15) is 18.3 Å². The second-order valence-corrected chi connectivity index (χ2v) is 7.83. The molecule has 134 valence electrons. The Labute approximate surface area is 156 Å². The summed E-state index contributed by atoms with van der Waals surface area (Å²) in [5.41, 5.74) is 1.09. The summed E-state index contributed by atoms with van der Waals surface area (Å²) in [6.07, 6.45) is -2.96. The number of hydrogen-bond donors (Lipinski definition) is 1. The van der Waals surface area contributed by atoms with Crippen molar-refractivity contribution < 1.29 is 18.0 Å². The number of halogens is 4. The van der Waals surface area contributed by atoms with Gasteiger partial charge in [-0.3, -0.25) is 9.48 Å². The number of alkyl halides is 3. The number of fused-ring (bicyclic) bond motifs is 1. The van der Waals surface area contributed by atoms with Crippen molar-refractivity contribution >= 4 is 34.2 Å². The molecular weight excluding hydrogens is 446 g/mol. The maximum absolute atomic E-state index is 13.2. The molecule has 0 aliphatic heterocycles. The Morgan fingerprint density at radius 3 is 2.68 bits per heavy atom. The van der Waals surface area contributed by atoms with Crippen LogP contribution >= 0.6 is 22.6 Å². The first kappa shape index (κ1) is 18.2. The minimum atomic E-state index is -4.69. The zero-order chi connectivity index (χ0) is 18.6. The summed E-state index contributed by atoms with van der Waals surface area (Å²) in [7, 11) is 1.39. The van der Waals surface area contributed by atoms with Crippen LogP contribution in [0.1, 0.15) is 47.4 Å². The molecule has 0 atom stereocenters. The molecule has 1 aliphatic rings. The van der Waals surface area contributed by atoms with Crippen LogP contribution in [-0.4, -0.2) is 15.7 Å². The number of anilines is 1. The number of rotatable bonds is 2. The Bertz CT molecular complexity index is 856. The summed E-state index contributed by atoms with van der Waals surface area (Å²) >= 11 is 1.71. The van der Waals surface area contributed by atoms with Crippen LogP contribution in [0.5, 0.6) is 0 Å². The lowest BCUT2D eigenvalue weighted by Crippen LogP contribution is -2.19. The van der Waals surface area contributed by atoms with Gasteiger partial charge >= 0.3 is 6.18 Å². The second-order valence-electron chi connectivity index (χ2n) is 6.81. The van der Waals surface area contributed by atoms with Crippen LogP contribution in [-0.2, 0) is 25.1 Å². The van der Waals surface area contributed by atoms with Gasteiger partial charge in [-0.25, -0.2) is 0 Å². The Hall–Kier alpha value is -1.58. The topological polar surface area (TPSA) is 46.9 Å². The molecular formula is C17H17F3IN3O. The number of aromatic nitrogens is 2. The fourth-order valence-corrected chi connectivity index (χ4v) is 3.88. The lowest BCUT2D eigenvalue weighted by Gasteiger charge is -2.19. The van der Waals surface area contributed by atoms with E-state index in [9.17, 15) is 18.0 Å². The van der Waals surface area contributed by atoms with E-state index in [1.807, 2.05) is 12.1 Å². The van der Waals surface area contributed by atoms with E-state index in [1.54, 1.807) is 28.7 Å². The SMILES string of the molecule is Cn1nc(C(F)(F)F)c(C(=O)Nc2cccc3c2CCC3(C)C)c1I. The average Bonchev–Trinajstić information content (AvgIpc) is 2.98. The molecule has 0 fully saturated rings. The Morgan fingerprint density at radius 2 is 2.04 bits per heavy atom. The van der Waals surface area contributed by atoms with Gasteiger partial charge in [-0.15, -0.1) is 0 Å². The molecule has 1 heterocycles. The van der Waals surface area contributed by atoms with Crippen LogP contribution < -0.4 is 5.32 Å². The second kappa shape index (κ2) is 6.00. The van der Waals surface area contributed by atoms with Crippen LogP contribution in [0.2, 0.25) is 0 Å². The van der Waals surface area contributed by atoms with E-state index in [0.717, 1.165) is 28.7 Å². The van der Waals surface area contributed by atoms with Crippen molar-refractivity contribution in [2.24, 2.45) is 7.05 Å². The Kier molecular flexibility index (Phi) is 4.37. The highest BCUT2D eigenvalue weighted by atomic mass is 127. The van der Waals surface area contributed by atoms with Gasteiger partial charge in [0.1, 0.15) is 9.26 Å². The molecule has 0 spiro atoms. The van der Waals surface area contributed by atoms with Crippen molar-refractivity contribution in [2.45, 2.75) is 38.3 Å². The summed E-state index contributed by atoms with van der Waals surface area (Å²) in [4.78, 5) is 12.6. The maximum atomic E-state index is 13.2. The van der Waals surface area contributed by atoms with E-state index in [4.69, 9.17) is 0 Å². The first-order valence-electron chi connectivity index (χ1n) is 7.76.